The summed E-state index contributed by atoms with van der Waals surface area (Å²) in [5.74, 6) is 0.263. The molecule has 26 heavy (non-hydrogen) atoms. The fraction of sp³-hybridized carbons (Fsp3) is 0.150. The van der Waals surface area contributed by atoms with Crippen molar-refractivity contribution in [3.63, 3.8) is 0 Å². The highest BCUT2D eigenvalue weighted by Gasteiger charge is 2.10. The molecule has 0 aliphatic rings. The maximum absolute atomic E-state index is 12.4. The summed E-state index contributed by atoms with van der Waals surface area (Å²) in [7, 11) is 0. The van der Waals surface area contributed by atoms with E-state index in [2.05, 4.69) is 26.7 Å². The second kappa shape index (κ2) is 7.54. The summed E-state index contributed by atoms with van der Waals surface area (Å²) in [4.78, 5) is 20.8. The highest BCUT2D eigenvalue weighted by Crippen LogP contribution is 2.21. The zero-order valence-corrected chi connectivity index (χ0v) is 15.6. The molecule has 2 aromatic carbocycles. The van der Waals surface area contributed by atoms with Gasteiger partial charge in [0.15, 0.2) is 0 Å². The minimum Gasteiger partial charge on any atom is -0.339 e. The number of aryl methyl sites for hydroxylation is 3. The van der Waals surface area contributed by atoms with E-state index < -0.39 is 0 Å². The first kappa shape index (κ1) is 17.9. The fourth-order valence-electron chi connectivity index (χ4n) is 2.47. The lowest BCUT2D eigenvalue weighted by Gasteiger charge is -2.10. The first-order chi connectivity index (χ1) is 12.4. The molecule has 0 fully saturated rings. The largest absolute Gasteiger partial charge is 0.339 e. The van der Waals surface area contributed by atoms with Gasteiger partial charge in [0.25, 0.3) is 5.91 Å². The summed E-state index contributed by atoms with van der Waals surface area (Å²) in [6, 6.07) is 11.4. The number of anilines is 3. The number of carbonyl (C=O) groups is 1. The van der Waals surface area contributed by atoms with Crippen LogP contribution in [0.4, 0.5) is 17.2 Å². The number of amides is 1. The van der Waals surface area contributed by atoms with Crippen LogP contribution in [0.15, 0.2) is 48.8 Å². The normalized spacial score (nSPS) is 10.5. The SMILES string of the molecule is Cc1ccc(C)c(Nc2cnc(C(=O)Nc3ccc(Cl)cc3C)cn2)c1. The van der Waals surface area contributed by atoms with Gasteiger partial charge in [0.2, 0.25) is 0 Å². The number of hydrogen-bond acceptors (Lipinski definition) is 4. The van der Waals surface area contributed by atoms with Crippen molar-refractivity contribution in [1.82, 2.24) is 9.97 Å². The quantitative estimate of drug-likeness (QED) is 0.678. The molecular formula is C20H19ClN4O. The molecule has 2 N–H and O–H groups in total. The van der Waals surface area contributed by atoms with Crippen molar-refractivity contribution < 1.29 is 4.79 Å². The molecule has 0 aliphatic heterocycles. The van der Waals surface area contributed by atoms with Crippen molar-refractivity contribution in [2.45, 2.75) is 20.8 Å². The van der Waals surface area contributed by atoms with E-state index in [1.54, 1.807) is 24.4 Å². The predicted octanol–water partition coefficient (Wildman–Crippen LogP) is 5.05. The summed E-state index contributed by atoms with van der Waals surface area (Å²) < 4.78 is 0. The molecule has 0 atom stereocenters. The Kier molecular flexibility index (Phi) is 5.19. The smallest absolute Gasteiger partial charge is 0.275 e. The topological polar surface area (TPSA) is 66.9 Å². The van der Waals surface area contributed by atoms with E-state index >= 15 is 0 Å². The summed E-state index contributed by atoms with van der Waals surface area (Å²) in [5, 5.41) is 6.67. The standard InChI is InChI=1S/C20H19ClN4O/c1-12-4-5-13(2)17(8-12)24-19-11-22-18(10-23-19)20(26)25-16-7-6-15(21)9-14(16)3/h4-11H,1-3H3,(H,23,24)(H,25,26). The van der Waals surface area contributed by atoms with Gasteiger partial charge in [-0.25, -0.2) is 9.97 Å². The Morgan fingerprint density at radius 1 is 0.923 bits per heavy atom. The van der Waals surface area contributed by atoms with Crippen molar-refractivity contribution in [1.29, 1.82) is 0 Å². The monoisotopic (exact) mass is 366 g/mol. The Hall–Kier alpha value is -2.92. The van der Waals surface area contributed by atoms with Crippen LogP contribution in [0.1, 0.15) is 27.2 Å². The van der Waals surface area contributed by atoms with E-state index in [9.17, 15) is 4.79 Å². The van der Waals surface area contributed by atoms with Crippen LogP contribution in [0, 0.1) is 20.8 Å². The summed E-state index contributed by atoms with van der Waals surface area (Å²) in [5.41, 5.74) is 5.04. The zero-order chi connectivity index (χ0) is 18.7. The maximum Gasteiger partial charge on any atom is 0.275 e. The van der Waals surface area contributed by atoms with Gasteiger partial charge in [-0.1, -0.05) is 23.7 Å². The molecular weight excluding hydrogens is 348 g/mol. The maximum atomic E-state index is 12.4. The van der Waals surface area contributed by atoms with Crippen LogP contribution in [-0.4, -0.2) is 15.9 Å². The van der Waals surface area contributed by atoms with Crippen LogP contribution in [0.25, 0.3) is 0 Å². The van der Waals surface area contributed by atoms with Crippen LogP contribution < -0.4 is 10.6 Å². The first-order valence-electron chi connectivity index (χ1n) is 8.16. The Labute approximate surface area is 157 Å². The number of hydrogen-bond donors (Lipinski definition) is 2. The number of rotatable bonds is 4. The molecule has 0 unspecified atom stereocenters. The molecule has 0 saturated heterocycles. The highest BCUT2D eigenvalue weighted by molar-refractivity contribution is 6.30. The van der Waals surface area contributed by atoms with Crippen molar-refractivity contribution >= 4 is 34.7 Å². The van der Waals surface area contributed by atoms with Gasteiger partial charge in [-0.15, -0.1) is 0 Å². The molecule has 3 aromatic rings. The number of halogens is 1. The van der Waals surface area contributed by atoms with Gasteiger partial charge in [-0.2, -0.15) is 0 Å². The lowest BCUT2D eigenvalue weighted by atomic mass is 10.1. The molecule has 0 radical (unpaired) electrons. The number of nitrogens with zero attached hydrogens (tertiary/aromatic N) is 2. The third-order valence-electron chi connectivity index (χ3n) is 3.98. The van der Waals surface area contributed by atoms with Crippen molar-refractivity contribution in [2.24, 2.45) is 0 Å². The first-order valence-corrected chi connectivity index (χ1v) is 8.54. The molecule has 6 heteroatoms. The van der Waals surface area contributed by atoms with Gasteiger partial charge in [0.1, 0.15) is 11.5 Å². The third-order valence-corrected chi connectivity index (χ3v) is 4.21. The minimum atomic E-state index is -0.318. The minimum absolute atomic E-state index is 0.242. The summed E-state index contributed by atoms with van der Waals surface area (Å²) in [6.45, 7) is 5.93. The van der Waals surface area contributed by atoms with E-state index in [-0.39, 0.29) is 11.6 Å². The molecule has 0 aliphatic carbocycles. The predicted molar refractivity (Wildman–Crippen MR) is 105 cm³/mol. The Bertz CT molecular complexity index is 955. The van der Waals surface area contributed by atoms with Crippen molar-refractivity contribution in [2.75, 3.05) is 10.6 Å². The van der Waals surface area contributed by atoms with Gasteiger partial charge < -0.3 is 10.6 Å². The molecule has 1 amide bonds. The molecule has 132 valence electrons. The van der Waals surface area contributed by atoms with E-state index in [0.29, 0.717) is 16.5 Å². The van der Waals surface area contributed by atoms with Crippen molar-refractivity contribution in [3.05, 3.63) is 76.2 Å². The Balaban J connectivity index is 1.72. The van der Waals surface area contributed by atoms with Crippen LogP contribution in [0.2, 0.25) is 5.02 Å². The molecule has 5 nitrogen and oxygen atoms in total. The lowest BCUT2D eigenvalue weighted by molar-refractivity contribution is 0.102. The van der Waals surface area contributed by atoms with Gasteiger partial charge in [0, 0.05) is 16.4 Å². The molecule has 1 aromatic heterocycles. The molecule has 0 spiro atoms. The molecule has 0 bridgehead atoms. The molecule has 1 heterocycles. The Morgan fingerprint density at radius 2 is 1.73 bits per heavy atom. The van der Waals surface area contributed by atoms with Crippen LogP contribution >= 0.6 is 11.6 Å². The summed E-state index contributed by atoms with van der Waals surface area (Å²) in [6.07, 6.45) is 3.00. The summed E-state index contributed by atoms with van der Waals surface area (Å²) >= 11 is 5.93. The highest BCUT2D eigenvalue weighted by atomic mass is 35.5. The molecule has 0 saturated carbocycles. The average Bonchev–Trinajstić information content (AvgIpc) is 2.61. The second-order valence-corrected chi connectivity index (χ2v) is 6.58. The van der Waals surface area contributed by atoms with E-state index in [4.69, 9.17) is 11.6 Å². The third kappa shape index (κ3) is 4.18. The van der Waals surface area contributed by atoms with Gasteiger partial charge in [-0.05, 0) is 61.7 Å². The van der Waals surface area contributed by atoms with Gasteiger partial charge in [0.05, 0.1) is 12.4 Å². The lowest BCUT2D eigenvalue weighted by Crippen LogP contribution is -2.15. The van der Waals surface area contributed by atoms with Crippen LogP contribution in [0.5, 0.6) is 0 Å². The molecule has 3 rings (SSSR count). The van der Waals surface area contributed by atoms with E-state index in [1.165, 1.54) is 6.20 Å². The fourth-order valence-corrected chi connectivity index (χ4v) is 2.70. The van der Waals surface area contributed by atoms with E-state index in [1.807, 2.05) is 32.9 Å². The Morgan fingerprint density at radius 3 is 2.42 bits per heavy atom. The number of benzene rings is 2. The van der Waals surface area contributed by atoms with Gasteiger partial charge in [-0.3, -0.25) is 4.79 Å². The number of nitrogens with one attached hydrogen (secondary N) is 2. The van der Waals surface area contributed by atoms with Crippen molar-refractivity contribution in [3.8, 4) is 0 Å². The number of carbonyl (C=O) groups excluding carboxylic acids is 1. The average molecular weight is 367 g/mol. The van der Waals surface area contributed by atoms with Crippen LogP contribution in [0.3, 0.4) is 0 Å². The number of aromatic nitrogens is 2. The second-order valence-electron chi connectivity index (χ2n) is 6.14. The zero-order valence-electron chi connectivity index (χ0n) is 14.8. The van der Waals surface area contributed by atoms with Crippen LogP contribution in [-0.2, 0) is 0 Å². The van der Waals surface area contributed by atoms with E-state index in [0.717, 1.165) is 22.4 Å². The van der Waals surface area contributed by atoms with Gasteiger partial charge >= 0.3 is 0 Å².